The van der Waals surface area contributed by atoms with Gasteiger partial charge >= 0.3 is 0 Å². The van der Waals surface area contributed by atoms with Crippen molar-refractivity contribution in [2.45, 2.75) is 6.61 Å². The fraction of sp³-hybridized carbons (Fsp3) is 0.286. The highest BCUT2D eigenvalue weighted by Gasteiger charge is 2.20. The smallest absolute Gasteiger partial charge is 0.261 e. The minimum absolute atomic E-state index is 0.298. The molecule has 0 amide bonds. The summed E-state index contributed by atoms with van der Waals surface area (Å²) in [5, 5.41) is 1.08. The first-order valence-electron chi connectivity index (χ1n) is 12.9. The van der Waals surface area contributed by atoms with E-state index in [0.717, 1.165) is 58.2 Å². The van der Waals surface area contributed by atoms with Gasteiger partial charge in [-0.1, -0.05) is 18.2 Å². The van der Waals surface area contributed by atoms with Crippen molar-refractivity contribution in [3.63, 3.8) is 0 Å². The normalized spacial score (nSPS) is 13.6. The third-order valence-electron chi connectivity index (χ3n) is 6.28. The molecule has 1 fully saturated rings. The molecule has 1 N–H and O–H groups in total. The predicted molar refractivity (Wildman–Crippen MR) is 157 cm³/mol. The van der Waals surface area contributed by atoms with Crippen molar-refractivity contribution < 1.29 is 22.4 Å². The van der Waals surface area contributed by atoms with Crippen molar-refractivity contribution >= 4 is 38.3 Å². The molecule has 0 radical (unpaired) electrons. The zero-order valence-electron chi connectivity index (χ0n) is 23.0. The van der Waals surface area contributed by atoms with Crippen LogP contribution in [-0.2, 0) is 21.5 Å². The summed E-state index contributed by atoms with van der Waals surface area (Å²) < 4.78 is 39.5. The molecule has 6 rings (SSSR count). The molecule has 13 heteroatoms. The number of imidazole rings is 1. The number of nitrogens with zero attached hydrogens (tertiary/aromatic N) is 7. The molecule has 41 heavy (non-hydrogen) atoms. The van der Waals surface area contributed by atoms with Gasteiger partial charge in [0.1, 0.15) is 12.4 Å². The minimum atomic E-state index is -3.67. The van der Waals surface area contributed by atoms with Gasteiger partial charge < -0.3 is 19.3 Å². The highest BCUT2D eigenvalue weighted by Crippen LogP contribution is 2.28. The van der Waals surface area contributed by atoms with Crippen LogP contribution in [0.5, 0.6) is 5.88 Å². The Morgan fingerprint density at radius 3 is 2.46 bits per heavy atom. The predicted octanol–water partition coefficient (Wildman–Crippen LogP) is 3.33. The summed E-state index contributed by atoms with van der Waals surface area (Å²) in [5.41, 5.74) is 4.37. The Bertz CT molecular complexity index is 1740. The van der Waals surface area contributed by atoms with E-state index in [9.17, 15) is 8.42 Å². The lowest BCUT2D eigenvalue weighted by Crippen LogP contribution is -2.37. The van der Waals surface area contributed by atoms with Crippen LogP contribution in [0.2, 0.25) is 0 Å². The lowest BCUT2D eigenvalue weighted by Gasteiger charge is -2.28. The lowest BCUT2D eigenvalue weighted by atomic mass is 10.2. The van der Waals surface area contributed by atoms with Gasteiger partial charge in [0.15, 0.2) is 11.5 Å². The Morgan fingerprint density at radius 1 is 1.00 bits per heavy atom. The molecule has 0 bridgehead atoms. The molecule has 1 saturated heterocycles. The molecule has 1 aliphatic rings. The molecule has 214 valence electrons. The number of aromatic nitrogens is 5. The monoisotopic (exact) mass is 577 g/mol. The van der Waals surface area contributed by atoms with Gasteiger partial charge in [-0.05, 0) is 24.3 Å². The molecule has 0 atom stereocenters. The average Bonchev–Trinajstić information content (AvgIpc) is 3.39. The van der Waals surface area contributed by atoms with Gasteiger partial charge in [-0.25, -0.2) is 19.9 Å². The molecular weight excluding hydrogens is 546 g/mol. The Labute approximate surface area is 238 Å². The summed E-state index contributed by atoms with van der Waals surface area (Å²) in [6.45, 7) is 3.21. The second kappa shape index (κ2) is 12.0. The van der Waals surface area contributed by atoms with Gasteiger partial charge in [-0.2, -0.15) is 8.42 Å². The molecule has 0 unspecified atom stereocenters. The van der Waals surface area contributed by atoms with Crippen LogP contribution in [0.4, 0.5) is 11.6 Å². The quantitative estimate of drug-likeness (QED) is 0.298. The zero-order valence-corrected chi connectivity index (χ0v) is 23.8. The van der Waals surface area contributed by atoms with Gasteiger partial charge in [0.25, 0.3) is 10.1 Å². The Hall–Kier alpha value is -4.33. The van der Waals surface area contributed by atoms with Crippen LogP contribution < -0.4 is 14.5 Å². The number of hydrogen-bond donors (Lipinski definition) is 1. The van der Waals surface area contributed by atoms with E-state index >= 15 is 0 Å². The number of morpholine rings is 1. The number of benzene rings is 1. The topological polar surface area (TPSA) is 135 Å². The molecule has 4 aromatic heterocycles. The number of hydrogen-bond acceptors (Lipinski definition) is 10. The molecule has 12 nitrogen and oxygen atoms in total. The maximum atomic E-state index is 9.19. The van der Waals surface area contributed by atoms with E-state index in [1.54, 1.807) is 0 Å². The molecular formula is C28H31N7O5S. The largest absolute Gasteiger partial charge is 0.471 e. The van der Waals surface area contributed by atoms with Crippen LogP contribution in [0.3, 0.4) is 0 Å². The molecule has 1 aromatic carbocycles. The van der Waals surface area contributed by atoms with E-state index in [1.165, 1.54) is 0 Å². The number of pyridine rings is 2. The third kappa shape index (κ3) is 7.06. The number of anilines is 2. The van der Waals surface area contributed by atoms with E-state index in [-0.39, 0.29) is 0 Å². The Morgan fingerprint density at radius 2 is 1.76 bits per heavy atom. The Kier molecular flexibility index (Phi) is 8.28. The second-order valence-electron chi connectivity index (χ2n) is 9.66. The highest BCUT2D eigenvalue weighted by atomic mass is 32.2. The van der Waals surface area contributed by atoms with Gasteiger partial charge in [-0.3, -0.25) is 8.95 Å². The maximum Gasteiger partial charge on any atom is 0.261 e. The molecule has 1 aliphatic heterocycles. The van der Waals surface area contributed by atoms with Crippen molar-refractivity contribution in [2.24, 2.45) is 0 Å². The van der Waals surface area contributed by atoms with Gasteiger partial charge in [0.05, 0.1) is 42.6 Å². The van der Waals surface area contributed by atoms with Crippen molar-refractivity contribution in [3.05, 3.63) is 72.8 Å². The summed E-state index contributed by atoms with van der Waals surface area (Å²) in [4.78, 5) is 23.2. The van der Waals surface area contributed by atoms with Crippen molar-refractivity contribution in [3.8, 4) is 17.1 Å². The minimum Gasteiger partial charge on any atom is -0.471 e. The number of ether oxygens (including phenoxy) is 2. The summed E-state index contributed by atoms with van der Waals surface area (Å²) in [6.07, 6.45) is 6.49. The first-order chi connectivity index (χ1) is 19.7. The maximum absolute atomic E-state index is 9.19. The summed E-state index contributed by atoms with van der Waals surface area (Å²) >= 11 is 0. The van der Waals surface area contributed by atoms with Gasteiger partial charge in [0.2, 0.25) is 5.88 Å². The molecule has 0 spiro atoms. The standard InChI is InChI=1S/C27H27N7O2.CH4O3S/c1-32(2)24-9-7-20(15-28-24)23-16-29-26(33-11-13-35-14-12-33)27-30-21(17-34(23)27)18-36-25-10-8-19-5-3-4-6-22(19)31-25;1-5(2,3)4/h3-10,15-17H,11-14,18H2,1-2H3;1H3,(H,2,3,4). The zero-order chi connectivity index (χ0) is 29.0. The van der Waals surface area contributed by atoms with Crippen LogP contribution in [-0.4, -0.2) is 84.0 Å². The summed E-state index contributed by atoms with van der Waals surface area (Å²) in [5.74, 6) is 2.31. The van der Waals surface area contributed by atoms with Crippen molar-refractivity contribution in [1.82, 2.24) is 24.3 Å². The van der Waals surface area contributed by atoms with Crippen LogP contribution >= 0.6 is 0 Å². The summed E-state index contributed by atoms with van der Waals surface area (Å²) in [6, 6.07) is 16.0. The highest BCUT2D eigenvalue weighted by molar-refractivity contribution is 7.85. The average molecular weight is 578 g/mol. The van der Waals surface area contributed by atoms with E-state index in [2.05, 4.69) is 25.3 Å². The van der Waals surface area contributed by atoms with Crippen LogP contribution in [0.15, 0.2) is 67.1 Å². The third-order valence-corrected chi connectivity index (χ3v) is 6.28. The van der Waals surface area contributed by atoms with Crippen LogP contribution in [0, 0.1) is 0 Å². The first kappa shape index (κ1) is 28.2. The Balaban J connectivity index is 0.000000623. The molecule has 5 aromatic rings. The van der Waals surface area contributed by atoms with Crippen molar-refractivity contribution in [1.29, 1.82) is 0 Å². The lowest BCUT2D eigenvalue weighted by molar-refractivity contribution is 0.122. The number of rotatable bonds is 6. The van der Waals surface area contributed by atoms with E-state index < -0.39 is 10.1 Å². The molecule has 0 saturated carbocycles. The first-order valence-corrected chi connectivity index (χ1v) is 14.7. The number of fused-ring (bicyclic) bond motifs is 2. The molecule has 0 aliphatic carbocycles. The van der Waals surface area contributed by atoms with Crippen LogP contribution in [0.25, 0.3) is 27.8 Å². The van der Waals surface area contributed by atoms with E-state index in [4.69, 9.17) is 24.0 Å². The number of para-hydroxylation sites is 1. The second-order valence-corrected chi connectivity index (χ2v) is 11.1. The van der Waals surface area contributed by atoms with Crippen LogP contribution in [0.1, 0.15) is 5.69 Å². The fourth-order valence-electron chi connectivity index (χ4n) is 4.37. The van der Waals surface area contributed by atoms with Gasteiger partial charge in [-0.15, -0.1) is 0 Å². The molecule has 5 heterocycles. The van der Waals surface area contributed by atoms with E-state index in [0.29, 0.717) is 32.0 Å². The summed E-state index contributed by atoms with van der Waals surface area (Å²) in [7, 11) is 0.289. The fourth-order valence-corrected chi connectivity index (χ4v) is 4.37. The van der Waals surface area contributed by atoms with Crippen molar-refractivity contribution in [2.75, 3.05) is 56.5 Å². The van der Waals surface area contributed by atoms with Gasteiger partial charge in [0, 0.05) is 56.6 Å². The van der Waals surface area contributed by atoms with E-state index in [1.807, 2.05) is 80.1 Å². The SMILES string of the molecule is CN(C)c1ccc(-c2cnc(N3CCOCC3)c3nc(COc4ccc5ccccc5n4)cn23)cn1.CS(=O)(=O)O.